The number of carboxylic acids is 1. The second kappa shape index (κ2) is 7.09. The quantitative estimate of drug-likeness (QED) is 0.860. The normalized spacial score (nSPS) is 18.6. The molecule has 2 N–H and O–H groups in total. The first-order valence-corrected chi connectivity index (χ1v) is 7.46. The van der Waals surface area contributed by atoms with Crippen molar-refractivity contribution in [2.24, 2.45) is 0 Å². The topological polar surface area (TPSA) is 72.9 Å². The van der Waals surface area contributed by atoms with Crippen molar-refractivity contribution in [3.05, 3.63) is 28.8 Å². The highest BCUT2D eigenvalue weighted by molar-refractivity contribution is 6.33. The summed E-state index contributed by atoms with van der Waals surface area (Å²) in [6.45, 7) is 2.05. The molecule has 1 amide bonds. The van der Waals surface area contributed by atoms with Crippen molar-refractivity contribution in [2.75, 3.05) is 39.0 Å². The van der Waals surface area contributed by atoms with E-state index in [2.05, 4.69) is 15.1 Å². The van der Waals surface area contributed by atoms with E-state index in [0.29, 0.717) is 18.3 Å². The lowest BCUT2D eigenvalue weighted by molar-refractivity contribution is -0.117. The van der Waals surface area contributed by atoms with Crippen LogP contribution in [0.4, 0.5) is 5.69 Å². The minimum absolute atomic E-state index is 0.0201. The van der Waals surface area contributed by atoms with Crippen molar-refractivity contribution < 1.29 is 14.7 Å². The molecule has 7 heteroatoms. The van der Waals surface area contributed by atoms with E-state index in [9.17, 15) is 9.59 Å². The lowest BCUT2D eigenvalue weighted by atomic mass is 10.2. The molecule has 1 aliphatic rings. The Labute approximate surface area is 134 Å². The van der Waals surface area contributed by atoms with E-state index >= 15 is 0 Å². The van der Waals surface area contributed by atoms with Crippen molar-refractivity contribution in [1.82, 2.24) is 9.80 Å². The number of hydrogen-bond acceptors (Lipinski definition) is 4. The molecule has 22 heavy (non-hydrogen) atoms. The Hall–Kier alpha value is -1.63. The summed E-state index contributed by atoms with van der Waals surface area (Å²) in [7, 11) is 4.07. The predicted octanol–water partition coefficient (Wildman–Crippen LogP) is 1.61. The summed E-state index contributed by atoms with van der Waals surface area (Å²) in [6.07, 6.45) is 1.05. The number of benzene rings is 1. The fourth-order valence-electron chi connectivity index (χ4n) is 2.55. The zero-order valence-corrected chi connectivity index (χ0v) is 13.4. The average Bonchev–Trinajstić information content (AvgIpc) is 2.89. The second-order valence-corrected chi connectivity index (χ2v) is 6.10. The molecule has 0 bridgehead atoms. The van der Waals surface area contributed by atoms with Crippen LogP contribution in [0.2, 0.25) is 5.02 Å². The molecule has 0 saturated carbocycles. The predicted molar refractivity (Wildman–Crippen MR) is 85.6 cm³/mol. The standard InChI is InChI=1S/C15H20ClN3O3/c1-18(2)11-5-6-19(8-11)9-14(20)17-10-3-4-13(16)12(7-10)15(21)22/h3-4,7,11H,5-6,8-9H2,1-2H3,(H,17,20)(H,21,22)/t11-/m0/s1. The van der Waals surface area contributed by atoms with Crippen LogP contribution in [0.5, 0.6) is 0 Å². The van der Waals surface area contributed by atoms with Crippen LogP contribution in [0.1, 0.15) is 16.8 Å². The van der Waals surface area contributed by atoms with Gasteiger partial charge in [-0.25, -0.2) is 4.79 Å². The van der Waals surface area contributed by atoms with Crippen molar-refractivity contribution in [2.45, 2.75) is 12.5 Å². The lowest BCUT2D eigenvalue weighted by Crippen LogP contribution is -2.35. The van der Waals surface area contributed by atoms with Crippen molar-refractivity contribution >= 4 is 29.2 Å². The number of hydrogen-bond donors (Lipinski definition) is 2. The minimum atomic E-state index is -1.12. The molecule has 1 aromatic carbocycles. The summed E-state index contributed by atoms with van der Waals surface area (Å²) < 4.78 is 0. The molecule has 1 aromatic rings. The molecule has 1 aliphatic heterocycles. The summed E-state index contributed by atoms with van der Waals surface area (Å²) in [5.41, 5.74) is 0.420. The summed E-state index contributed by atoms with van der Waals surface area (Å²) in [5.74, 6) is -1.27. The zero-order valence-electron chi connectivity index (χ0n) is 12.7. The van der Waals surface area contributed by atoms with Crippen molar-refractivity contribution in [1.29, 1.82) is 0 Å². The minimum Gasteiger partial charge on any atom is -0.478 e. The number of carboxylic acid groups (broad SMARTS) is 1. The summed E-state index contributed by atoms with van der Waals surface area (Å²) in [4.78, 5) is 27.3. The SMILES string of the molecule is CN(C)[C@H]1CCN(CC(=O)Nc2ccc(Cl)c(C(=O)O)c2)C1. The Kier molecular flexibility index (Phi) is 5.39. The highest BCUT2D eigenvalue weighted by Gasteiger charge is 2.25. The van der Waals surface area contributed by atoms with Gasteiger partial charge in [0.2, 0.25) is 5.91 Å². The number of carbonyl (C=O) groups excluding carboxylic acids is 1. The number of amides is 1. The Bertz CT molecular complexity index is 577. The van der Waals surface area contributed by atoms with Crippen LogP contribution < -0.4 is 5.32 Å². The Morgan fingerprint density at radius 2 is 2.18 bits per heavy atom. The van der Waals surface area contributed by atoms with Crippen LogP contribution in [-0.4, -0.2) is 66.6 Å². The highest BCUT2D eigenvalue weighted by atomic mass is 35.5. The molecule has 120 valence electrons. The number of carbonyl (C=O) groups is 2. The maximum absolute atomic E-state index is 12.1. The molecule has 0 aromatic heterocycles. The highest BCUT2D eigenvalue weighted by Crippen LogP contribution is 2.21. The molecule has 0 radical (unpaired) electrons. The van der Waals surface area contributed by atoms with E-state index in [1.165, 1.54) is 12.1 Å². The van der Waals surface area contributed by atoms with Crippen LogP contribution in [0.3, 0.4) is 0 Å². The molecule has 1 atom stereocenters. The fourth-order valence-corrected chi connectivity index (χ4v) is 2.75. The van der Waals surface area contributed by atoms with E-state index in [1.54, 1.807) is 6.07 Å². The third-order valence-corrected chi connectivity index (χ3v) is 4.16. The third-order valence-electron chi connectivity index (χ3n) is 3.83. The zero-order chi connectivity index (χ0) is 16.3. The first kappa shape index (κ1) is 16.7. The second-order valence-electron chi connectivity index (χ2n) is 5.69. The van der Waals surface area contributed by atoms with Crippen molar-refractivity contribution in [3.63, 3.8) is 0 Å². The molecule has 0 spiro atoms. The average molecular weight is 326 g/mol. The lowest BCUT2D eigenvalue weighted by Gasteiger charge is -2.20. The Morgan fingerprint density at radius 3 is 2.77 bits per heavy atom. The van der Waals surface area contributed by atoms with E-state index in [4.69, 9.17) is 16.7 Å². The van der Waals surface area contributed by atoms with Gasteiger partial charge in [0.25, 0.3) is 0 Å². The molecule has 0 aliphatic carbocycles. The van der Waals surface area contributed by atoms with Crippen LogP contribution >= 0.6 is 11.6 Å². The van der Waals surface area contributed by atoms with Crippen LogP contribution in [-0.2, 0) is 4.79 Å². The Morgan fingerprint density at radius 1 is 1.45 bits per heavy atom. The van der Waals surface area contributed by atoms with E-state index in [0.717, 1.165) is 19.5 Å². The smallest absolute Gasteiger partial charge is 0.337 e. The fraction of sp³-hybridized carbons (Fsp3) is 0.467. The van der Waals surface area contributed by atoms with Crippen LogP contribution in [0, 0.1) is 0 Å². The maximum Gasteiger partial charge on any atom is 0.337 e. The first-order valence-electron chi connectivity index (χ1n) is 7.08. The largest absolute Gasteiger partial charge is 0.478 e. The van der Waals surface area contributed by atoms with Gasteiger partial charge in [-0.2, -0.15) is 0 Å². The van der Waals surface area contributed by atoms with Gasteiger partial charge < -0.3 is 15.3 Å². The number of nitrogens with zero attached hydrogens (tertiary/aromatic N) is 2. The monoisotopic (exact) mass is 325 g/mol. The summed E-state index contributed by atoms with van der Waals surface area (Å²) >= 11 is 5.80. The molecule has 1 heterocycles. The van der Waals surface area contributed by atoms with Gasteiger partial charge in [-0.1, -0.05) is 11.6 Å². The van der Waals surface area contributed by atoms with Gasteiger partial charge in [-0.05, 0) is 38.7 Å². The van der Waals surface area contributed by atoms with Gasteiger partial charge in [0.05, 0.1) is 17.1 Å². The first-order chi connectivity index (χ1) is 10.4. The molecule has 6 nitrogen and oxygen atoms in total. The molecule has 0 unspecified atom stereocenters. The van der Waals surface area contributed by atoms with Gasteiger partial charge in [-0.3, -0.25) is 9.69 Å². The molecule has 1 saturated heterocycles. The number of anilines is 1. The van der Waals surface area contributed by atoms with E-state index < -0.39 is 5.97 Å². The third kappa shape index (κ3) is 4.19. The molecular weight excluding hydrogens is 306 g/mol. The molecule has 2 rings (SSSR count). The molecular formula is C15H20ClN3O3. The van der Waals surface area contributed by atoms with Gasteiger partial charge in [-0.15, -0.1) is 0 Å². The maximum atomic E-state index is 12.1. The number of rotatable bonds is 5. The van der Waals surface area contributed by atoms with Gasteiger partial charge >= 0.3 is 5.97 Å². The number of likely N-dealkylation sites (tertiary alicyclic amines) is 1. The van der Waals surface area contributed by atoms with Gasteiger partial charge in [0.15, 0.2) is 0 Å². The van der Waals surface area contributed by atoms with Gasteiger partial charge in [0, 0.05) is 24.8 Å². The number of aromatic carboxylic acids is 1. The Balaban J connectivity index is 1.93. The number of nitrogens with one attached hydrogen (secondary N) is 1. The van der Waals surface area contributed by atoms with Crippen LogP contribution in [0.25, 0.3) is 0 Å². The summed E-state index contributed by atoms with van der Waals surface area (Å²) in [5, 5.41) is 11.9. The number of likely N-dealkylation sites (N-methyl/N-ethyl adjacent to an activating group) is 1. The van der Waals surface area contributed by atoms with E-state index in [-0.39, 0.29) is 16.5 Å². The number of halogens is 1. The van der Waals surface area contributed by atoms with Crippen molar-refractivity contribution in [3.8, 4) is 0 Å². The van der Waals surface area contributed by atoms with E-state index in [1.807, 2.05) is 14.1 Å². The summed E-state index contributed by atoms with van der Waals surface area (Å²) in [6, 6.07) is 4.91. The van der Waals surface area contributed by atoms with Gasteiger partial charge in [0.1, 0.15) is 0 Å². The molecule has 1 fully saturated rings. The van der Waals surface area contributed by atoms with Crippen LogP contribution in [0.15, 0.2) is 18.2 Å².